The number of carboxylic acids is 2. The Hall–Kier alpha value is -2.37. The van der Waals surface area contributed by atoms with Crippen molar-refractivity contribution < 1.29 is 28.9 Å². The van der Waals surface area contributed by atoms with Gasteiger partial charge in [0.25, 0.3) is 0 Å². The Balaban J connectivity index is 3.10. The number of para-hydroxylation sites is 1. The zero-order valence-corrected chi connectivity index (χ0v) is 10.2. The maximum Gasteiger partial charge on any atom is 0.344 e. The highest BCUT2D eigenvalue weighted by Gasteiger charge is 2.20. The number of hydrogen-bond acceptors (Lipinski definition) is 3. The van der Waals surface area contributed by atoms with Crippen molar-refractivity contribution >= 4 is 18.0 Å². The first-order chi connectivity index (χ1) is 8.95. The molecule has 0 aliphatic rings. The van der Waals surface area contributed by atoms with Crippen LogP contribution in [0.25, 0.3) is 6.08 Å². The Bertz CT molecular complexity index is 510. The lowest BCUT2D eigenvalue weighted by Crippen LogP contribution is -2.26. The minimum Gasteiger partial charge on any atom is -0.479 e. The van der Waals surface area contributed by atoms with Crippen LogP contribution in [0.2, 0.25) is 0 Å². The van der Waals surface area contributed by atoms with Crippen LogP contribution in [0.15, 0.2) is 24.3 Å². The van der Waals surface area contributed by atoms with E-state index in [2.05, 4.69) is 0 Å². The van der Waals surface area contributed by atoms with Crippen molar-refractivity contribution in [1.29, 1.82) is 0 Å². The molecule has 5 nitrogen and oxygen atoms in total. The van der Waals surface area contributed by atoms with Crippen molar-refractivity contribution in [2.75, 3.05) is 0 Å². The van der Waals surface area contributed by atoms with E-state index in [0.29, 0.717) is 0 Å². The van der Waals surface area contributed by atoms with Crippen molar-refractivity contribution in [2.45, 2.75) is 19.4 Å². The van der Waals surface area contributed by atoms with Crippen LogP contribution in [0.3, 0.4) is 0 Å². The standard InChI is InChI=1S/C13H13FO5/c1-2-10(13(17)18)19-12-8(6-7-11(15)16)4-3-5-9(12)14/h3-7,10H,2H2,1H3,(H,15,16)(H,17,18)/b7-6+. The van der Waals surface area contributed by atoms with Gasteiger partial charge in [-0.2, -0.15) is 0 Å². The normalized spacial score (nSPS) is 12.3. The fourth-order valence-corrected chi connectivity index (χ4v) is 1.39. The third-order valence-corrected chi connectivity index (χ3v) is 2.31. The van der Waals surface area contributed by atoms with Gasteiger partial charge in [0.1, 0.15) is 0 Å². The molecule has 0 saturated carbocycles. The molecule has 0 amide bonds. The molecule has 0 saturated heterocycles. The van der Waals surface area contributed by atoms with E-state index >= 15 is 0 Å². The summed E-state index contributed by atoms with van der Waals surface area (Å²) in [5.74, 6) is -3.42. The molecule has 2 N–H and O–H groups in total. The molecule has 0 bridgehead atoms. The second-order valence-corrected chi connectivity index (χ2v) is 3.68. The number of hydrogen-bond donors (Lipinski definition) is 2. The summed E-state index contributed by atoms with van der Waals surface area (Å²) in [7, 11) is 0. The summed E-state index contributed by atoms with van der Waals surface area (Å²) in [6.45, 7) is 1.59. The molecule has 0 heterocycles. The monoisotopic (exact) mass is 268 g/mol. The predicted octanol–water partition coefficient (Wildman–Crippen LogP) is 2.17. The molecule has 1 unspecified atom stereocenters. The van der Waals surface area contributed by atoms with Crippen LogP contribution in [0.4, 0.5) is 4.39 Å². The summed E-state index contributed by atoms with van der Waals surface area (Å²) in [6, 6.07) is 3.93. The molecule has 19 heavy (non-hydrogen) atoms. The first-order valence-electron chi connectivity index (χ1n) is 5.54. The molecule has 1 atom stereocenters. The summed E-state index contributed by atoms with van der Waals surface area (Å²) in [6.07, 6.45) is 0.943. The summed E-state index contributed by atoms with van der Waals surface area (Å²) in [5, 5.41) is 17.4. The minimum atomic E-state index is -1.21. The molecule has 0 aliphatic heterocycles. The number of benzene rings is 1. The SMILES string of the molecule is CCC(Oc1c(F)cccc1/C=C/C(=O)O)C(=O)O. The Labute approximate surface area is 108 Å². The second-order valence-electron chi connectivity index (χ2n) is 3.68. The quantitative estimate of drug-likeness (QED) is 0.772. The van der Waals surface area contributed by atoms with E-state index in [-0.39, 0.29) is 17.7 Å². The largest absolute Gasteiger partial charge is 0.479 e. The van der Waals surface area contributed by atoms with Crippen LogP contribution in [0.1, 0.15) is 18.9 Å². The van der Waals surface area contributed by atoms with Crippen molar-refractivity contribution in [1.82, 2.24) is 0 Å². The third kappa shape index (κ3) is 4.09. The Morgan fingerprint density at radius 1 is 1.42 bits per heavy atom. The van der Waals surface area contributed by atoms with Crippen LogP contribution < -0.4 is 4.74 Å². The summed E-state index contributed by atoms with van der Waals surface area (Å²) >= 11 is 0. The molecule has 0 radical (unpaired) electrons. The molecule has 6 heteroatoms. The van der Waals surface area contributed by atoms with Gasteiger partial charge >= 0.3 is 11.9 Å². The van der Waals surface area contributed by atoms with E-state index in [4.69, 9.17) is 14.9 Å². The van der Waals surface area contributed by atoms with Gasteiger partial charge in [0, 0.05) is 11.6 Å². The van der Waals surface area contributed by atoms with Crippen molar-refractivity contribution in [3.63, 3.8) is 0 Å². The first kappa shape index (κ1) is 14.7. The Kier molecular flexibility index (Phi) is 5.05. The number of carboxylic acid groups (broad SMARTS) is 2. The van der Waals surface area contributed by atoms with E-state index < -0.39 is 23.9 Å². The lowest BCUT2D eigenvalue weighted by molar-refractivity contribution is -0.145. The molecule has 1 rings (SSSR count). The maximum atomic E-state index is 13.6. The zero-order chi connectivity index (χ0) is 14.4. The number of rotatable bonds is 6. The van der Waals surface area contributed by atoms with Crippen LogP contribution in [-0.4, -0.2) is 28.3 Å². The van der Waals surface area contributed by atoms with E-state index in [9.17, 15) is 14.0 Å². The van der Waals surface area contributed by atoms with Crippen molar-refractivity contribution in [3.05, 3.63) is 35.7 Å². The highest BCUT2D eigenvalue weighted by atomic mass is 19.1. The fourth-order valence-electron chi connectivity index (χ4n) is 1.39. The zero-order valence-electron chi connectivity index (χ0n) is 10.2. The smallest absolute Gasteiger partial charge is 0.344 e. The maximum absolute atomic E-state index is 13.6. The molecule has 1 aromatic carbocycles. The van der Waals surface area contributed by atoms with E-state index in [1.54, 1.807) is 6.92 Å². The fraction of sp³-hybridized carbons (Fsp3) is 0.231. The first-order valence-corrected chi connectivity index (χ1v) is 5.54. The van der Waals surface area contributed by atoms with Gasteiger partial charge in [0.2, 0.25) is 0 Å². The molecule has 0 aromatic heterocycles. The van der Waals surface area contributed by atoms with Gasteiger partial charge in [0.05, 0.1) is 0 Å². The number of aliphatic carboxylic acids is 2. The number of halogens is 1. The highest BCUT2D eigenvalue weighted by Crippen LogP contribution is 2.25. The second kappa shape index (κ2) is 6.53. The van der Waals surface area contributed by atoms with Gasteiger partial charge < -0.3 is 14.9 Å². The third-order valence-electron chi connectivity index (χ3n) is 2.31. The minimum absolute atomic E-state index is 0.158. The van der Waals surface area contributed by atoms with Crippen LogP contribution in [0.5, 0.6) is 5.75 Å². The van der Waals surface area contributed by atoms with Crippen molar-refractivity contribution in [3.8, 4) is 5.75 Å². The topological polar surface area (TPSA) is 83.8 Å². The summed E-state index contributed by atoms with van der Waals surface area (Å²) < 4.78 is 18.7. The molecular formula is C13H13FO5. The average molecular weight is 268 g/mol. The molecular weight excluding hydrogens is 255 g/mol. The summed E-state index contributed by atoms with van der Waals surface area (Å²) in [5.41, 5.74) is 0.169. The van der Waals surface area contributed by atoms with E-state index in [1.165, 1.54) is 12.1 Å². The van der Waals surface area contributed by atoms with Gasteiger partial charge in [-0.1, -0.05) is 19.1 Å². The van der Waals surface area contributed by atoms with E-state index in [1.807, 2.05) is 0 Å². The highest BCUT2D eigenvalue weighted by molar-refractivity contribution is 5.86. The Morgan fingerprint density at radius 2 is 2.11 bits per heavy atom. The van der Waals surface area contributed by atoms with Crippen LogP contribution in [0, 0.1) is 5.82 Å². The van der Waals surface area contributed by atoms with Gasteiger partial charge in [-0.15, -0.1) is 0 Å². The number of carbonyl (C=O) groups is 2. The molecule has 0 spiro atoms. The summed E-state index contributed by atoms with van der Waals surface area (Å²) in [4.78, 5) is 21.3. The van der Waals surface area contributed by atoms with Crippen molar-refractivity contribution in [2.24, 2.45) is 0 Å². The van der Waals surface area contributed by atoms with E-state index in [0.717, 1.165) is 18.2 Å². The van der Waals surface area contributed by atoms with Crippen LogP contribution in [-0.2, 0) is 9.59 Å². The lowest BCUT2D eigenvalue weighted by atomic mass is 10.1. The molecule has 0 aliphatic carbocycles. The number of ether oxygens (including phenoxy) is 1. The van der Waals surface area contributed by atoms with Gasteiger partial charge in [-0.25, -0.2) is 14.0 Å². The predicted molar refractivity (Wildman–Crippen MR) is 65.4 cm³/mol. The Morgan fingerprint density at radius 3 is 2.63 bits per heavy atom. The van der Waals surface area contributed by atoms with Crippen LogP contribution >= 0.6 is 0 Å². The van der Waals surface area contributed by atoms with Gasteiger partial charge in [0.15, 0.2) is 17.7 Å². The molecule has 0 fully saturated rings. The molecule has 1 aromatic rings. The van der Waals surface area contributed by atoms with Gasteiger partial charge in [-0.05, 0) is 18.6 Å². The molecule has 102 valence electrons. The lowest BCUT2D eigenvalue weighted by Gasteiger charge is -2.15. The average Bonchev–Trinajstić information content (AvgIpc) is 2.34. The van der Waals surface area contributed by atoms with Gasteiger partial charge in [-0.3, -0.25) is 0 Å².